The second-order valence-electron chi connectivity index (χ2n) is 10.0. The number of hydrogen-bond acceptors (Lipinski definition) is 9. The van der Waals surface area contributed by atoms with Crippen molar-refractivity contribution in [1.82, 2.24) is 16.0 Å². The zero-order chi connectivity index (χ0) is 29.4. The van der Waals surface area contributed by atoms with Gasteiger partial charge in [0, 0.05) is 35.3 Å². The number of aliphatic imine (C=N–C) groups is 1. The van der Waals surface area contributed by atoms with Crippen LogP contribution in [0.2, 0.25) is 5.02 Å². The smallest absolute Gasteiger partial charge is 0.305 e. The van der Waals surface area contributed by atoms with Gasteiger partial charge in [0.15, 0.2) is 5.96 Å². The summed E-state index contributed by atoms with van der Waals surface area (Å²) in [4.78, 5) is 52.3. The molecular weight excluding hydrogens is 542 g/mol. The molecule has 0 saturated carbocycles. The van der Waals surface area contributed by atoms with Crippen molar-refractivity contribution in [2.24, 2.45) is 4.99 Å². The van der Waals surface area contributed by atoms with E-state index in [1.165, 1.54) is 18.2 Å². The summed E-state index contributed by atoms with van der Waals surface area (Å²) in [5, 5.41) is 40.2. The molecule has 0 aliphatic carbocycles. The maximum Gasteiger partial charge on any atom is 0.305 e. The van der Waals surface area contributed by atoms with Crippen molar-refractivity contribution in [1.29, 1.82) is 0 Å². The number of carboxylic acid groups (broad SMARTS) is 1. The second-order valence-corrected chi connectivity index (χ2v) is 10.5. The SMILES string of the molecule is CC(C)(CC=O)c1cc(Cl)cc([C@H](CC(=O)O)NC(=O)CNC(=O)c2cc(O)cc(NC3=NCC(O)CN3)c2)c1. The number of benzene rings is 2. The minimum atomic E-state index is -1.16. The molecule has 12 nitrogen and oxygen atoms in total. The fraction of sp³-hybridized carbons (Fsp3) is 0.370. The van der Waals surface area contributed by atoms with Crippen LogP contribution in [-0.4, -0.2) is 71.1 Å². The van der Waals surface area contributed by atoms with Gasteiger partial charge in [0.05, 0.1) is 31.7 Å². The lowest BCUT2D eigenvalue weighted by atomic mass is 9.81. The van der Waals surface area contributed by atoms with Crippen LogP contribution in [0.4, 0.5) is 5.69 Å². The van der Waals surface area contributed by atoms with Crippen molar-refractivity contribution in [3.63, 3.8) is 0 Å². The molecule has 40 heavy (non-hydrogen) atoms. The number of aldehydes is 1. The molecule has 2 atom stereocenters. The Morgan fingerprint density at radius 2 is 1.95 bits per heavy atom. The lowest BCUT2D eigenvalue weighted by molar-refractivity contribution is -0.137. The predicted molar refractivity (Wildman–Crippen MR) is 149 cm³/mol. The van der Waals surface area contributed by atoms with Gasteiger partial charge in [-0.1, -0.05) is 31.5 Å². The summed E-state index contributed by atoms with van der Waals surface area (Å²) in [7, 11) is 0. The van der Waals surface area contributed by atoms with Crippen LogP contribution in [0, 0.1) is 0 Å². The Balaban J connectivity index is 1.69. The number of nitrogens with zero attached hydrogens (tertiary/aromatic N) is 1. The van der Waals surface area contributed by atoms with Crippen LogP contribution >= 0.6 is 11.6 Å². The minimum absolute atomic E-state index is 0.0609. The summed E-state index contributed by atoms with van der Waals surface area (Å²) in [5.74, 6) is -2.30. The highest BCUT2D eigenvalue weighted by Gasteiger charge is 2.25. The quantitative estimate of drug-likeness (QED) is 0.196. The number of carboxylic acids is 1. The molecule has 2 aromatic rings. The summed E-state index contributed by atoms with van der Waals surface area (Å²) in [5.41, 5.74) is 1.000. The topological polar surface area (TPSA) is 189 Å². The third-order valence-corrected chi connectivity index (χ3v) is 6.45. The molecule has 1 unspecified atom stereocenters. The first-order valence-corrected chi connectivity index (χ1v) is 12.9. The number of guanidine groups is 1. The Morgan fingerprint density at radius 1 is 1.20 bits per heavy atom. The molecule has 0 saturated heterocycles. The molecule has 3 rings (SSSR count). The first-order valence-electron chi connectivity index (χ1n) is 12.5. The van der Waals surface area contributed by atoms with Gasteiger partial charge in [-0.05, 0) is 40.8 Å². The molecule has 1 aliphatic rings. The lowest BCUT2D eigenvalue weighted by Crippen LogP contribution is -2.42. The second kappa shape index (κ2) is 13.3. The fourth-order valence-corrected chi connectivity index (χ4v) is 4.28. The van der Waals surface area contributed by atoms with Gasteiger partial charge < -0.3 is 41.4 Å². The molecular formula is C27H32ClN5O7. The van der Waals surface area contributed by atoms with Crippen molar-refractivity contribution in [3.8, 4) is 5.75 Å². The van der Waals surface area contributed by atoms with Gasteiger partial charge in [0.1, 0.15) is 12.0 Å². The first-order chi connectivity index (χ1) is 18.9. The number of anilines is 1. The van der Waals surface area contributed by atoms with Crippen LogP contribution in [0.1, 0.15) is 54.2 Å². The van der Waals surface area contributed by atoms with Gasteiger partial charge in [-0.3, -0.25) is 19.4 Å². The predicted octanol–water partition coefficient (Wildman–Crippen LogP) is 1.71. The number of phenols is 1. The van der Waals surface area contributed by atoms with Gasteiger partial charge in [-0.15, -0.1) is 0 Å². The monoisotopic (exact) mass is 573 g/mol. The Labute approximate surface area is 235 Å². The van der Waals surface area contributed by atoms with E-state index >= 15 is 0 Å². The summed E-state index contributed by atoms with van der Waals surface area (Å²) in [6.45, 7) is 3.73. The summed E-state index contributed by atoms with van der Waals surface area (Å²) < 4.78 is 0. The van der Waals surface area contributed by atoms with Gasteiger partial charge in [-0.2, -0.15) is 0 Å². The number of phenolic OH excluding ortho intramolecular Hbond substituents is 1. The third-order valence-electron chi connectivity index (χ3n) is 6.23. The molecule has 2 aromatic carbocycles. The molecule has 1 aliphatic heterocycles. The molecule has 0 radical (unpaired) electrons. The zero-order valence-electron chi connectivity index (χ0n) is 22.0. The van der Waals surface area contributed by atoms with E-state index in [4.69, 9.17) is 11.6 Å². The number of carbonyl (C=O) groups excluding carboxylic acids is 3. The number of carbonyl (C=O) groups is 4. The Bertz CT molecular complexity index is 1310. The highest BCUT2D eigenvalue weighted by Crippen LogP contribution is 2.32. The van der Waals surface area contributed by atoms with E-state index in [0.717, 1.165) is 6.29 Å². The summed E-state index contributed by atoms with van der Waals surface area (Å²) >= 11 is 6.28. The van der Waals surface area contributed by atoms with Gasteiger partial charge in [-0.25, -0.2) is 0 Å². The van der Waals surface area contributed by atoms with Crippen LogP contribution in [0.5, 0.6) is 5.75 Å². The van der Waals surface area contributed by atoms with Crippen molar-refractivity contribution in [2.75, 3.05) is 25.0 Å². The van der Waals surface area contributed by atoms with Crippen LogP contribution in [0.25, 0.3) is 0 Å². The molecule has 214 valence electrons. The number of aliphatic hydroxyl groups excluding tert-OH is 1. The average Bonchev–Trinajstić information content (AvgIpc) is 2.87. The minimum Gasteiger partial charge on any atom is -0.508 e. The van der Waals surface area contributed by atoms with E-state index in [9.17, 15) is 34.5 Å². The lowest BCUT2D eigenvalue weighted by Gasteiger charge is -2.25. The number of rotatable bonds is 11. The number of β-amino-alcohol motifs (C(OH)–C–C–N with tert-alkyl or cyclic N) is 1. The Morgan fingerprint density at radius 3 is 2.60 bits per heavy atom. The van der Waals surface area contributed by atoms with Crippen molar-refractivity contribution < 1.29 is 34.5 Å². The zero-order valence-corrected chi connectivity index (χ0v) is 22.8. The molecule has 1 heterocycles. The van der Waals surface area contributed by atoms with Crippen LogP contribution in [0.3, 0.4) is 0 Å². The molecule has 0 spiro atoms. The van der Waals surface area contributed by atoms with Gasteiger partial charge in [0.2, 0.25) is 5.91 Å². The van der Waals surface area contributed by atoms with E-state index in [1.807, 2.05) is 13.8 Å². The highest BCUT2D eigenvalue weighted by atomic mass is 35.5. The first kappa shape index (κ1) is 30.4. The third kappa shape index (κ3) is 8.68. The molecule has 0 fully saturated rings. The van der Waals surface area contributed by atoms with Crippen molar-refractivity contribution in [2.45, 2.75) is 44.2 Å². The van der Waals surface area contributed by atoms with Crippen LogP contribution in [0.15, 0.2) is 41.4 Å². The van der Waals surface area contributed by atoms with Crippen molar-refractivity contribution in [3.05, 3.63) is 58.1 Å². The number of aliphatic carboxylic acids is 1. The van der Waals surface area contributed by atoms with E-state index in [1.54, 1.807) is 18.2 Å². The number of nitrogens with one attached hydrogen (secondary N) is 4. The summed E-state index contributed by atoms with van der Waals surface area (Å²) in [6, 6.07) is 8.03. The number of halogens is 1. The Kier molecular flexibility index (Phi) is 10.1. The van der Waals surface area contributed by atoms with E-state index in [0.29, 0.717) is 34.3 Å². The van der Waals surface area contributed by atoms with Crippen LogP contribution in [-0.2, 0) is 19.8 Å². The standard InChI is InChI=1S/C27H32ClN5O7/c1-27(2,3-4-34)17-5-15(6-18(28)9-17)22(11-24(38)39)33-23(37)14-29-25(40)16-7-19(10-20(35)8-16)32-26-30-12-21(36)13-31-26/h4-10,21-22,35-36H,3,11-14H2,1-2H3,(H,29,40)(H,33,37)(H,38,39)(H2,30,31,32)/t22-/m0/s1. The van der Waals surface area contributed by atoms with Crippen molar-refractivity contribution >= 4 is 47.3 Å². The largest absolute Gasteiger partial charge is 0.508 e. The average molecular weight is 574 g/mol. The normalized spacial score (nSPS) is 15.7. The number of amides is 2. The fourth-order valence-electron chi connectivity index (χ4n) is 4.03. The number of aliphatic hydroxyl groups is 1. The Hall–Kier alpha value is -4.16. The molecule has 7 N–H and O–H groups in total. The molecule has 2 amide bonds. The van der Waals surface area contributed by atoms with E-state index in [-0.39, 0.29) is 24.3 Å². The van der Waals surface area contributed by atoms with Gasteiger partial charge >= 0.3 is 5.97 Å². The van der Waals surface area contributed by atoms with E-state index in [2.05, 4.69) is 26.3 Å². The molecule has 13 heteroatoms. The molecule has 0 bridgehead atoms. The van der Waals surface area contributed by atoms with E-state index < -0.39 is 48.3 Å². The maximum atomic E-state index is 12.7. The molecule has 0 aromatic heterocycles. The highest BCUT2D eigenvalue weighted by molar-refractivity contribution is 6.30. The number of aromatic hydroxyl groups is 1. The van der Waals surface area contributed by atoms with Gasteiger partial charge in [0.25, 0.3) is 5.91 Å². The summed E-state index contributed by atoms with van der Waals surface area (Å²) in [6.07, 6.45) is -0.0381. The maximum absolute atomic E-state index is 12.7. The number of hydrogen-bond donors (Lipinski definition) is 7. The van der Waals surface area contributed by atoms with Crippen LogP contribution < -0.4 is 21.3 Å².